The zero-order valence-electron chi connectivity index (χ0n) is 9.97. The largest absolute Gasteiger partial charge is 0.398 e. The highest BCUT2D eigenvalue weighted by Crippen LogP contribution is 2.28. The molecule has 0 amide bonds. The SMILES string of the molecule is CC1CSCCN1S(=O)(=O)c1ccc(N)c(Br)c1. The van der Waals surface area contributed by atoms with Crippen molar-refractivity contribution in [3.8, 4) is 0 Å². The molecular formula is C11H15BrN2O2S2. The van der Waals surface area contributed by atoms with Gasteiger partial charge in [0.25, 0.3) is 0 Å². The summed E-state index contributed by atoms with van der Waals surface area (Å²) in [6.45, 7) is 2.51. The standard InChI is InChI=1S/C11H15BrN2O2S2/c1-8-7-17-5-4-14(8)18(15,16)9-2-3-11(13)10(12)6-9/h2-3,6,8H,4-5,7,13H2,1H3. The van der Waals surface area contributed by atoms with E-state index in [4.69, 9.17) is 5.73 Å². The second kappa shape index (κ2) is 5.40. The molecule has 0 aromatic heterocycles. The Hall–Kier alpha value is -0.240. The number of hydrogen-bond acceptors (Lipinski definition) is 4. The van der Waals surface area contributed by atoms with E-state index in [0.29, 0.717) is 21.6 Å². The molecule has 1 heterocycles. The molecule has 1 unspecified atom stereocenters. The number of thioether (sulfide) groups is 1. The van der Waals surface area contributed by atoms with Gasteiger partial charge in [-0.2, -0.15) is 16.1 Å². The molecule has 1 aromatic rings. The van der Waals surface area contributed by atoms with Crippen molar-refractivity contribution in [3.63, 3.8) is 0 Å². The van der Waals surface area contributed by atoms with E-state index >= 15 is 0 Å². The van der Waals surface area contributed by atoms with Gasteiger partial charge < -0.3 is 5.73 Å². The number of benzene rings is 1. The highest BCUT2D eigenvalue weighted by molar-refractivity contribution is 9.10. The Kier molecular flexibility index (Phi) is 4.25. The fraction of sp³-hybridized carbons (Fsp3) is 0.455. The summed E-state index contributed by atoms with van der Waals surface area (Å²) in [5.41, 5.74) is 6.22. The van der Waals surface area contributed by atoms with Gasteiger partial charge in [0.1, 0.15) is 0 Å². The zero-order valence-corrected chi connectivity index (χ0v) is 13.2. The van der Waals surface area contributed by atoms with E-state index in [9.17, 15) is 8.42 Å². The van der Waals surface area contributed by atoms with E-state index in [1.54, 1.807) is 34.3 Å². The molecule has 1 atom stereocenters. The van der Waals surface area contributed by atoms with Crippen molar-refractivity contribution in [2.24, 2.45) is 0 Å². The minimum Gasteiger partial charge on any atom is -0.398 e. The number of nitrogens with two attached hydrogens (primary N) is 1. The van der Waals surface area contributed by atoms with Gasteiger partial charge in [0.15, 0.2) is 0 Å². The van der Waals surface area contributed by atoms with E-state index in [2.05, 4.69) is 15.9 Å². The van der Waals surface area contributed by atoms with Crippen LogP contribution in [0.15, 0.2) is 27.6 Å². The molecule has 0 radical (unpaired) electrons. The molecule has 18 heavy (non-hydrogen) atoms. The normalized spacial score (nSPS) is 22.0. The molecule has 2 rings (SSSR count). The number of anilines is 1. The van der Waals surface area contributed by atoms with Crippen LogP contribution in [0.3, 0.4) is 0 Å². The summed E-state index contributed by atoms with van der Waals surface area (Å²) < 4.78 is 27.2. The van der Waals surface area contributed by atoms with Crippen LogP contribution in [0.1, 0.15) is 6.92 Å². The van der Waals surface area contributed by atoms with Gasteiger partial charge in [-0.25, -0.2) is 8.42 Å². The molecule has 4 nitrogen and oxygen atoms in total. The van der Waals surface area contributed by atoms with Crippen molar-refractivity contribution in [1.82, 2.24) is 4.31 Å². The third-order valence-corrected chi connectivity index (χ3v) is 6.77. The van der Waals surface area contributed by atoms with E-state index in [0.717, 1.165) is 11.5 Å². The first-order chi connectivity index (χ1) is 8.43. The van der Waals surface area contributed by atoms with E-state index in [-0.39, 0.29) is 6.04 Å². The van der Waals surface area contributed by atoms with Gasteiger partial charge in [0.05, 0.1) is 4.90 Å². The number of nitrogens with zero attached hydrogens (tertiary/aromatic N) is 1. The van der Waals surface area contributed by atoms with E-state index in [1.807, 2.05) is 6.92 Å². The number of hydrogen-bond donors (Lipinski definition) is 1. The number of nitrogen functional groups attached to an aromatic ring is 1. The van der Waals surface area contributed by atoms with Crippen LogP contribution >= 0.6 is 27.7 Å². The quantitative estimate of drug-likeness (QED) is 0.830. The topological polar surface area (TPSA) is 63.4 Å². The Balaban J connectivity index is 2.37. The third-order valence-electron chi connectivity index (χ3n) is 2.89. The molecular weight excluding hydrogens is 336 g/mol. The maximum Gasteiger partial charge on any atom is 0.243 e. The Morgan fingerprint density at radius 1 is 1.50 bits per heavy atom. The van der Waals surface area contributed by atoms with Crippen molar-refractivity contribution in [2.75, 3.05) is 23.8 Å². The Labute approximate surface area is 120 Å². The molecule has 1 saturated heterocycles. The highest BCUT2D eigenvalue weighted by atomic mass is 79.9. The summed E-state index contributed by atoms with van der Waals surface area (Å²) in [4.78, 5) is 0.294. The zero-order chi connectivity index (χ0) is 13.3. The molecule has 1 aliphatic heterocycles. The van der Waals surface area contributed by atoms with Crippen molar-refractivity contribution in [2.45, 2.75) is 17.9 Å². The fourth-order valence-corrected chi connectivity index (χ4v) is 5.28. The second-order valence-corrected chi connectivity index (χ2v) is 8.12. The molecule has 2 N–H and O–H groups in total. The minimum atomic E-state index is -3.42. The average molecular weight is 351 g/mol. The van der Waals surface area contributed by atoms with Crippen molar-refractivity contribution in [3.05, 3.63) is 22.7 Å². The molecule has 0 bridgehead atoms. The van der Waals surface area contributed by atoms with Gasteiger partial charge >= 0.3 is 0 Å². The van der Waals surface area contributed by atoms with Gasteiger partial charge in [0, 0.05) is 34.3 Å². The molecule has 0 saturated carbocycles. The monoisotopic (exact) mass is 350 g/mol. The van der Waals surface area contributed by atoms with Gasteiger partial charge in [-0.3, -0.25) is 0 Å². The first kappa shape index (κ1) is 14.2. The third kappa shape index (κ3) is 2.68. The van der Waals surface area contributed by atoms with Crippen LogP contribution in [0, 0.1) is 0 Å². The molecule has 7 heteroatoms. The van der Waals surface area contributed by atoms with Gasteiger partial charge in [0.2, 0.25) is 10.0 Å². The van der Waals surface area contributed by atoms with E-state index in [1.165, 1.54) is 0 Å². The van der Waals surface area contributed by atoms with Crippen LogP contribution in [-0.2, 0) is 10.0 Å². The first-order valence-electron chi connectivity index (χ1n) is 5.57. The first-order valence-corrected chi connectivity index (χ1v) is 8.96. The lowest BCUT2D eigenvalue weighted by Crippen LogP contribution is -2.44. The lowest BCUT2D eigenvalue weighted by atomic mass is 10.3. The number of halogens is 1. The number of sulfonamides is 1. The van der Waals surface area contributed by atoms with Crippen LogP contribution in [0.5, 0.6) is 0 Å². The van der Waals surface area contributed by atoms with E-state index < -0.39 is 10.0 Å². The predicted octanol–water partition coefficient (Wildman–Crippen LogP) is 2.16. The smallest absolute Gasteiger partial charge is 0.243 e. The molecule has 1 fully saturated rings. The maximum atomic E-state index is 12.5. The maximum absolute atomic E-state index is 12.5. The summed E-state index contributed by atoms with van der Waals surface area (Å²) in [5, 5.41) is 0. The van der Waals surface area contributed by atoms with Gasteiger partial charge in [-0.05, 0) is 41.1 Å². The lowest BCUT2D eigenvalue weighted by Gasteiger charge is -2.32. The Morgan fingerprint density at radius 2 is 2.22 bits per heavy atom. The molecule has 1 aromatic carbocycles. The molecule has 1 aliphatic rings. The van der Waals surface area contributed by atoms with Crippen LogP contribution in [-0.4, -0.2) is 36.8 Å². The minimum absolute atomic E-state index is 0.0325. The van der Waals surface area contributed by atoms with Crippen LogP contribution in [0.25, 0.3) is 0 Å². The summed E-state index contributed by atoms with van der Waals surface area (Å²) in [5.74, 6) is 1.69. The summed E-state index contributed by atoms with van der Waals surface area (Å²) in [6, 6.07) is 4.77. The van der Waals surface area contributed by atoms with Crippen LogP contribution < -0.4 is 5.73 Å². The second-order valence-electron chi connectivity index (χ2n) is 4.22. The van der Waals surface area contributed by atoms with Crippen LogP contribution in [0.4, 0.5) is 5.69 Å². The number of rotatable bonds is 2. The summed E-state index contributed by atoms with van der Waals surface area (Å²) in [7, 11) is -3.42. The van der Waals surface area contributed by atoms with Crippen LogP contribution in [0.2, 0.25) is 0 Å². The van der Waals surface area contributed by atoms with Crippen molar-refractivity contribution < 1.29 is 8.42 Å². The lowest BCUT2D eigenvalue weighted by molar-refractivity contribution is 0.367. The fourth-order valence-electron chi connectivity index (χ4n) is 1.87. The van der Waals surface area contributed by atoms with Gasteiger partial charge in [-0.1, -0.05) is 0 Å². The summed E-state index contributed by atoms with van der Waals surface area (Å²) >= 11 is 5.05. The molecule has 0 aliphatic carbocycles. The predicted molar refractivity (Wildman–Crippen MR) is 79.2 cm³/mol. The highest BCUT2D eigenvalue weighted by Gasteiger charge is 2.31. The van der Waals surface area contributed by atoms with Gasteiger partial charge in [-0.15, -0.1) is 0 Å². The molecule has 0 spiro atoms. The molecule has 100 valence electrons. The summed E-state index contributed by atoms with van der Waals surface area (Å²) in [6.07, 6.45) is 0. The Morgan fingerprint density at radius 3 is 2.83 bits per heavy atom. The van der Waals surface area contributed by atoms with Crippen molar-refractivity contribution in [1.29, 1.82) is 0 Å². The van der Waals surface area contributed by atoms with Crippen molar-refractivity contribution >= 4 is 43.4 Å². The Bertz CT molecular complexity index is 548. The average Bonchev–Trinajstić information content (AvgIpc) is 2.33.